The van der Waals surface area contributed by atoms with Gasteiger partial charge in [-0.05, 0) is 29.3 Å². The highest BCUT2D eigenvalue weighted by atomic mass is 16.5. The van der Waals surface area contributed by atoms with Gasteiger partial charge in [0.05, 0.1) is 23.5 Å². The number of rotatable bonds is 4. The number of amides is 1. The van der Waals surface area contributed by atoms with Crippen LogP contribution in [0.25, 0.3) is 11.6 Å². The highest BCUT2D eigenvalue weighted by Gasteiger charge is 2.28. The summed E-state index contributed by atoms with van der Waals surface area (Å²) in [6, 6.07) is 15.0. The summed E-state index contributed by atoms with van der Waals surface area (Å²) in [7, 11) is 0. The molecule has 1 amide bonds. The minimum absolute atomic E-state index is 0.00762. The lowest BCUT2D eigenvalue weighted by atomic mass is 9.94. The number of aromatic nitrogens is 1. The summed E-state index contributed by atoms with van der Waals surface area (Å²) in [5.74, 6) is -0.565. The summed E-state index contributed by atoms with van der Waals surface area (Å²) in [6.45, 7) is 1.48. The SMILES string of the molecule is CC(=O)N1C=Cc2ccccc2C1CC(=O)OCc1cn2ccccc2c1C#N. The quantitative estimate of drug-likeness (QED) is 0.640. The first-order valence-electron chi connectivity index (χ1n) is 9.29. The molecule has 29 heavy (non-hydrogen) atoms. The number of nitrogens with zero attached hydrogens (tertiary/aromatic N) is 3. The summed E-state index contributed by atoms with van der Waals surface area (Å²) in [5.41, 5.74) is 3.81. The molecule has 1 aliphatic rings. The highest BCUT2D eigenvalue weighted by molar-refractivity contribution is 5.80. The molecule has 0 saturated carbocycles. The van der Waals surface area contributed by atoms with Crippen LogP contribution in [-0.4, -0.2) is 21.2 Å². The topological polar surface area (TPSA) is 74.8 Å². The molecule has 0 aliphatic carbocycles. The van der Waals surface area contributed by atoms with Gasteiger partial charge < -0.3 is 14.0 Å². The van der Waals surface area contributed by atoms with Crippen LogP contribution < -0.4 is 0 Å². The lowest BCUT2D eigenvalue weighted by Gasteiger charge is -2.32. The average molecular weight is 385 g/mol. The Morgan fingerprint density at radius 3 is 2.76 bits per heavy atom. The van der Waals surface area contributed by atoms with E-state index in [1.54, 1.807) is 17.3 Å². The molecule has 0 fully saturated rings. The van der Waals surface area contributed by atoms with Crippen LogP contribution >= 0.6 is 0 Å². The van der Waals surface area contributed by atoms with Crippen LogP contribution in [0.2, 0.25) is 0 Å². The number of benzene rings is 1. The van der Waals surface area contributed by atoms with Gasteiger partial charge in [-0.15, -0.1) is 0 Å². The molecule has 144 valence electrons. The molecule has 1 aromatic carbocycles. The van der Waals surface area contributed by atoms with Gasteiger partial charge in [-0.2, -0.15) is 5.26 Å². The maximum absolute atomic E-state index is 12.6. The van der Waals surface area contributed by atoms with Crippen molar-refractivity contribution in [2.75, 3.05) is 0 Å². The predicted molar refractivity (Wildman–Crippen MR) is 107 cm³/mol. The summed E-state index contributed by atoms with van der Waals surface area (Å²) >= 11 is 0. The number of carbonyl (C=O) groups is 2. The van der Waals surface area contributed by atoms with Crippen LogP contribution in [0, 0.1) is 11.3 Å². The largest absolute Gasteiger partial charge is 0.461 e. The third kappa shape index (κ3) is 3.50. The Bertz CT molecular complexity index is 1170. The van der Waals surface area contributed by atoms with E-state index in [0.29, 0.717) is 11.1 Å². The first-order valence-corrected chi connectivity index (χ1v) is 9.29. The van der Waals surface area contributed by atoms with E-state index in [2.05, 4.69) is 6.07 Å². The zero-order valence-electron chi connectivity index (χ0n) is 15.9. The van der Waals surface area contributed by atoms with Crippen LogP contribution in [0.4, 0.5) is 0 Å². The van der Waals surface area contributed by atoms with Gasteiger partial charge in [0.1, 0.15) is 12.7 Å². The van der Waals surface area contributed by atoms with E-state index in [1.807, 2.05) is 59.1 Å². The maximum Gasteiger partial charge on any atom is 0.308 e. The zero-order chi connectivity index (χ0) is 20.4. The molecule has 1 unspecified atom stereocenters. The Hall–Kier alpha value is -3.85. The van der Waals surface area contributed by atoms with E-state index in [4.69, 9.17) is 4.74 Å². The maximum atomic E-state index is 12.6. The van der Waals surface area contributed by atoms with Crippen molar-refractivity contribution in [3.05, 3.63) is 83.3 Å². The normalized spacial score (nSPS) is 15.0. The van der Waals surface area contributed by atoms with Crippen molar-refractivity contribution in [2.24, 2.45) is 0 Å². The molecule has 6 heteroatoms. The Balaban J connectivity index is 1.52. The second kappa shape index (κ2) is 7.64. The fourth-order valence-electron chi connectivity index (χ4n) is 3.70. The Labute approximate surface area is 168 Å². The molecule has 0 N–H and O–H groups in total. The molecule has 0 radical (unpaired) electrons. The van der Waals surface area contributed by atoms with Crippen molar-refractivity contribution in [3.8, 4) is 6.07 Å². The molecule has 0 spiro atoms. The van der Waals surface area contributed by atoms with Crippen LogP contribution in [0.5, 0.6) is 0 Å². The third-order valence-corrected chi connectivity index (χ3v) is 5.09. The van der Waals surface area contributed by atoms with Crippen LogP contribution in [0.15, 0.2) is 61.1 Å². The number of nitriles is 1. The second-order valence-corrected chi connectivity index (χ2v) is 6.89. The summed E-state index contributed by atoms with van der Waals surface area (Å²) in [5, 5.41) is 9.48. The molecule has 1 atom stereocenters. The van der Waals surface area contributed by atoms with Crippen molar-refractivity contribution in [3.63, 3.8) is 0 Å². The first-order chi connectivity index (χ1) is 14.1. The third-order valence-electron chi connectivity index (χ3n) is 5.09. The number of carbonyl (C=O) groups excluding carboxylic acids is 2. The Kier molecular flexibility index (Phi) is 4.88. The molecule has 3 aromatic rings. The fourth-order valence-corrected chi connectivity index (χ4v) is 3.70. The van der Waals surface area contributed by atoms with Gasteiger partial charge in [0.15, 0.2) is 0 Å². The molecule has 0 bridgehead atoms. The second-order valence-electron chi connectivity index (χ2n) is 6.89. The summed E-state index contributed by atoms with van der Waals surface area (Å²) in [4.78, 5) is 26.2. The molecule has 2 aromatic heterocycles. The van der Waals surface area contributed by atoms with E-state index in [-0.39, 0.29) is 18.9 Å². The Morgan fingerprint density at radius 1 is 1.17 bits per heavy atom. The minimum atomic E-state index is -0.425. The van der Waals surface area contributed by atoms with Crippen molar-refractivity contribution < 1.29 is 14.3 Å². The lowest BCUT2D eigenvalue weighted by molar-refractivity contribution is -0.146. The van der Waals surface area contributed by atoms with E-state index in [9.17, 15) is 14.9 Å². The van der Waals surface area contributed by atoms with Crippen molar-refractivity contribution >= 4 is 23.5 Å². The van der Waals surface area contributed by atoms with E-state index >= 15 is 0 Å². The Morgan fingerprint density at radius 2 is 1.97 bits per heavy atom. The minimum Gasteiger partial charge on any atom is -0.461 e. The molecule has 1 aliphatic heterocycles. The number of ether oxygens (including phenoxy) is 1. The lowest BCUT2D eigenvalue weighted by Crippen LogP contribution is -2.32. The van der Waals surface area contributed by atoms with Gasteiger partial charge in [-0.1, -0.05) is 30.3 Å². The summed E-state index contributed by atoms with van der Waals surface area (Å²) in [6.07, 6.45) is 7.25. The summed E-state index contributed by atoms with van der Waals surface area (Å²) < 4.78 is 7.32. The molecule has 0 saturated heterocycles. The number of hydrogen-bond acceptors (Lipinski definition) is 4. The monoisotopic (exact) mass is 385 g/mol. The van der Waals surface area contributed by atoms with E-state index in [1.165, 1.54) is 6.92 Å². The predicted octanol–water partition coefficient (Wildman–Crippen LogP) is 3.82. The van der Waals surface area contributed by atoms with Gasteiger partial charge in [0, 0.05) is 31.1 Å². The number of hydrogen-bond donors (Lipinski definition) is 0. The van der Waals surface area contributed by atoms with Crippen molar-refractivity contribution in [1.29, 1.82) is 5.26 Å². The molecule has 3 heterocycles. The van der Waals surface area contributed by atoms with Crippen LogP contribution in [0.3, 0.4) is 0 Å². The number of fused-ring (bicyclic) bond motifs is 2. The molecule has 4 rings (SSSR count). The van der Waals surface area contributed by atoms with Crippen LogP contribution in [-0.2, 0) is 20.9 Å². The van der Waals surface area contributed by atoms with Gasteiger partial charge in [-0.25, -0.2) is 0 Å². The van der Waals surface area contributed by atoms with E-state index in [0.717, 1.165) is 16.6 Å². The van der Waals surface area contributed by atoms with Crippen LogP contribution in [0.1, 0.15) is 41.6 Å². The molecular weight excluding hydrogens is 366 g/mol. The fraction of sp³-hybridized carbons (Fsp3) is 0.174. The highest BCUT2D eigenvalue weighted by Crippen LogP contribution is 2.33. The standard InChI is InChI=1S/C23H19N3O3/c1-16(27)26-11-9-17-6-2-3-7-19(17)22(26)12-23(28)29-15-18-14-25-10-5-4-8-21(25)20(18)13-24/h2-11,14,22H,12,15H2,1H3. The van der Waals surface area contributed by atoms with Gasteiger partial charge in [-0.3, -0.25) is 9.59 Å². The van der Waals surface area contributed by atoms with Gasteiger partial charge in [0.25, 0.3) is 0 Å². The van der Waals surface area contributed by atoms with Crippen molar-refractivity contribution in [1.82, 2.24) is 9.30 Å². The number of pyridine rings is 1. The smallest absolute Gasteiger partial charge is 0.308 e. The van der Waals surface area contributed by atoms with Gasteiger partial charge in [0.2, 0.25) is 5.91 Å². The molecule has 6 nitrogen and oxygen atoms in total. The van der Waals surface area contributed by atoms with E-state index < -0.39 is 12.0 Å². The zero-order valence-corrected chi connectivity index (χ0v) is 15.9. The van der Waals surface area contributed by atoms with Crippen molar-refractivity contribution in [2.45, 2.75) is 26.0 Å². The molecular formula is C23H19N3O3. The number of esters is 1. The first kappa shape index (κ1) is 18.5. The average Bonchev–Trinajstić information content (AvgIpc) is 3.09. The van der Waals surface area contributed by atoms with Gasteiger partial charge >= 0.3 is 5.97 Å².